The van der Waals surface area contributed by atoms with Crippen molar-refractivity contribution in [1.82, 2.24) is 0 Å². The zero-order chi connectivity index (χ0) is 25.1. The molecule has 0 bridgehead atoms. The van der Waals surface area contributed by atoms with E-state index < -0.39 is 5.63 Å². The highest BCUT2D eigenvalue weighted by Gasteiger charge is 2.28. The Morgan fingerprint density at radius 1 is 1.12 bits per heavy atom. The smallest absolute Gasteiger partial charge is 0.354 e. The Labute approximate surface area is 208 Å². The summed E-state index contributed by atoms with van der Waals surface area (Å²) in [7, 11) is 0. The lowest BCUT2D eigenvalue weighted by atomic mass is 9.85. The number of nitrogens with zero attached hydrogens (tertiary/aromatic N) is 1. The number of carbonyl (C=O) groups is 1. The van der Waals surface area contributed by atoms with E-state index in [-0.39, 0.29) is 11.0 Å². The third-order valence-corrected chi connectivity index (χ3v) is 7.33. The van der Waals surface area contributed by atoms with E-state index in [1.807, 2.05) is 18.2 Å². The van der Waals surface area contributed by atoms with E-state index in [0.717, 1.165) is 43.2 Å². The van der Waals surface area contributed by atoms with E-state index >= 15 is 0 Å². The van der Waals surface area contributed by atoms with Crippen LogP contribution in [0.5, 0.6) is 5.75 Å². The minimum Gasteiger partial charge on any atom is -0.490 e. The largest absolute Gasteiger partial charge is 0.490 e. The number of benzene rings is 1. The summed E-state index contributed by atoms with van der Waals surface area (Å²) in [6, 6.07) is 7.40. The maximum absolute atomic E-state index is 12.4. The van der Waals surface area contributed by atoms with Gasteiger partial charge in [-0.15, -0.1) is 0 Å². The van der Waals surface area contributed by atoms with Crippen molar-refractivity contribution in [3.05, 3.63) is 39.7 Å². The number of fused-ring (bicyclic) bond motifs is 1. The Morgan fingerprint density at radius 3 is 2.41 bits per heavy atom. The molecular weight excluding hydrogens is 446 g/mol. The zero-order valence-corrected chi connectivity index (χ0v) is 22.2. The van der Waals surface area contributed by atoms with Crippen LogP contribution < -0.4 is 10.4 Å². The van der Waals surface area contributed by atoms with Crippen molar-refractivity contribution in [3.8, 4) is 11.8 Å². The fourth-order valence-electron chi connectivity index (χ4n) is 4.33. The standard InChI is InChI=1S/C28H39NO4S/c1-20(2)18-28(4,5)27(31)34-17-12-10-8-6-7-9-11-16-32-24-15-13-14-22-21(3)23(19-29)26(30)33-25(22)24/h13-15,20H,6-12,16-18H2,1-5H3. The molecule has 0 N–H and O–H groups in total. The minimum atomic E-state index is -0.620. The van der Waals surface area contributed by atoms with Gasteiger partial charge in [0.15, 0.2) is 16.4 Å². The first-order valence-electron chi connectivity index (χ1n) is 12.4. The molecule has 0 fully saturated rings. The number of hydrogen-bond acceptors (Lipinski definition) is 6. The summed E-state index contributed by atoms with van der Waals surface area (Å²) in [5.74, 6) is 2.01. The second-order valence-electron chi connectivity index (χ2n) is 10.1. The van der Waals surface area contributed by atoms with Gasteiger partial charge in [-0.1, -0.05) is 83.7 Å². The van der Waals surface area contributed by atoms with Crippen LogP contribution in [0.1, 0.15) is 90.2 Å². The molecule has 2 rings (SSSR count). The maximum Gasteiger partial charge on any atom is 0.354 e. The highest BCUT2D eigenvalue weighted by Crippen LogP contribution is 2.31. The molecule has 0 unspecified atom stereocenters. The lowest BCUT2D eigenvalue weighted by Crippen LogP contribution is -2.23. The fraction of sp³-hybridized carbons (Fsp3) is 0.607. The number of para-hydroxylation sites is 1. The average Bonchev–Trinajstić information content (AvgIpc) is 2.77. The summed E-state index contributed by atoms with van der Waals surface area (Å²) >= 11 is 1.50. The van der Waals surface area contributed by atoms with Crippen LogP contribution in [-0.4, -0.2) is 17.5 Å². The van der Waals surface area contributed by atoms with Crippen molar-refractivity contribution in [2.75, 3.05) is 12.4 Å². The third-order valence-electron chi connectivity index (χ3n) is 6.02. The number of rotatable bonds is 14. The second-order valence-corrected chi connectivity index (χ2v) is 11.1. The van der Waals surface area contributed by atoms with Gasteiger partial charge in [0.25, 0.3) is 0 Å². The number of ether oxygens (including phenoxy) is 1. The van der Waals surface area contributed by atoms with Crippen LogP contribution in [-0.2, 0) is 4.79 Å². The predicted molar refractivity (Wildman–Crippen MR) is 140 cm³/mol. The van der Waals surface area contributed by atoms with Gasteiger partial charge in [-0.05, 0) is 43.7 Å². The molecule has 0 atom stereocenters. The molecule has 0 saturated heterocycles. The third kappa shape index (κ3) is 8.20. The summed E-state index contributed by atoms with van der Waals surface area (Å²) < 4.78 is 11.2. The van der Waals surface area contributed by atoms with Gasteiger partial charge in [-0.3, -0.25) is 4.79 Å². The van der Waals surface area contributed by atoms with Gasteiger partial charge in [0.2, 0.25) is 0 Å². The van der Waals surface area contributed by atoms with Crippen LogP contribution in [0.2, 0.25) is 0 Å². The zero-order valence-electron chi connectivity index (χ0n) is 21.4. The molecule has 1 aromatic heterocycles. The van der Waals surface area contributed by atoms with Crippen molar-refractivity contribution < 1.29 is 13.9 Å². The van der Waals surface area contributed by atoms with Gasteiger partial charge in [0, 0.05) is 16.6 Å². The Kier molecular flexibility index (Phi) is 11.2. The van der Waals surface area contributed by atoms with Crippen LogP contribution in [0.15, 0.2) is 27.4 Å². The molecule has 0 amide bonds. The molecule has 0 aliphatic carbocycles. The first-order valence-corrected chi connectivity index (χ1v) is 13.4. The van der Waals surface area contributed by atoms with Crippen LogP contribution in [0.25, 0.3) is 11.0 Å². The second kappa shape index (κ2) is 13.6. The molecule has 0 aliphatic rings. The lowest BCUT2D eigenvalue weighted by Gasteiger charge is -2.24. The molecule has 0 saturated carbocycles. The Bertz CT molecular complexity index is 1050. The van der Waals surface area contributed by atoms with E-state index in [9.17, 15) is 9.59 Å². The van der Waals surface area contributed by atoms with Crippen LogP contribution in [0, 0.1) is 29.6 Å². The van der Waals surface area contributed by atoms with E-state index in [1.165, 1.54) is 31.0 Å². The van der Waals surface area contributed by atoms with Gasteiger partial charge >= 0.3 is 5.63 Å². The van der Waals surface area contributed by atoms with Crippen molar-refractivity contribution in [1.29, 1.82) is 5.26 Å². The molecule has 5 nitrogen and oxygen atoms in total. The lowest BCUT2D eigenvalue weighted by molar-refractivity contribution is -0.118. The summed E-state index contributed by atoms with van der Waals surface area (Å²) in [5, 5.41) is 10.2. The highest BCUT2D eigenvalue weighted by atomic mass is 32.2. The summed E-state index contributed by atoms with van der Waals surface area (Å²) in [4.78, 5) is 24.4. The molecule has 1 aromatic carbocycles. The van der Waals surface area contributed by atoms with Crippen molar-refractivity contribution in [2.24, 2.45) is 11.3 Å². The fourth-order valence-corrected chi connectivity index (χ4v) is 5.33. The Morgan fingerprint density at radius 2 is 1.76 bits per heavy atom. The Hall–Kier alpha value is -2.26. The number of aryl methyl sites for hydroxylation is 1. The van der Waals surface area contributed by atoms with Crippen LogP contribution in [0.3, 0.4) is 0 Å². The summed E-state index contributed by atoms with van der Waals surface area (Å²) in [6.07, 6.45) is 8.77. The first-order chi connectivity index (χ1) is 16.2. The Balaban J connectivity index is 1.61. The van der Waals surface area contributed by atoms with Gasteiger partial charge < -0.3 is 9.15 Å². The monoisotopic (exact) mass is 485 g/mol. The average molecular weight is 486 g/mol. The minimum absolute atomic E-state index is 0.0461. The summed E-state index contributed by atoms with van der Waals surface area (Å²) in [5.41, 5.74) is 0.237. The topological polar surface area (TPSA) is 80.3 Å². The molecule has 0 spiro atoms. The first kappa shape index (κ1) is 28.0. The van der Waals surface area contributed by atoms with E-state index in [2.05, 4.69) is 27.7 Å². The molecule has 0 aliphatic heterocycles. The molecular formula is C28H39NO4S. The molecule has 6 heteroatoms. The van der Waals surface area contributed by atoms with Gasteiger partial charge in [-0.2, -0.15) is 5.26 Å². The van der Waals surface area contributed by atoms with Gasteiger partial charge in [-0.25, -0.2) is 4.79 Å². The SMILES string of the molecule is Cc1c(C#N)c(=O)oc2c(OCCCCCCCCCSC(=O)C(C)(C)CC(C)C)cccc12. The molecule has 34 heavy (non-hydrogen) atoms. The maximum atomic E-state index is 12.4. The number of carbonyl (C=O) groups excluding carboxylic acids is 1. The van der Waals surface area contributed by atoms with Crippen LogP contribution >= 0.6 is 11.8 Å². The van der Waals surface area contributed by atoms with Crippen molar-refractivity contribution in [2.45, 2.75) is 86.0 Å². The van der Waals surface area contributed by atoms with Gasteiger partial charge in [0.1, 0.15) is 11.6 Å². The number of hydrogen-bond donors (Lipinski definition) is 0. The number of unbranched alkanes of at least 4 members (excludes halogenated alkanes) is 6. The number of nitriles is 1. The quantitative estimate of drug-likeness (QED) is 0.205. The van der Waals surface area contributed by atoms with E-state index in [4.69, 9.17) is 14.4 Å². The molecule has 186 valence electrons. The molecule has 0 radical (unpaired) electrons. The van der Waals surface area contributed by atoms with Crippen molar-refractivity contribution in [3.63, 3.8) is 0 Å². The number of thioether (sulfide) groups is 1. The highest BCUT2D eigenvalue weighted by molar-refractivity contribution is 8.13. The van der Waals surface area contributed by atoms with Gasteiger partial charge in [0.05, 0.1) is 6.61 Å². The molecule has 2 aromatic rings. The van der Waals surface area contributed by atoms with Crippen molar-refractivity contribution >= 4 is 27.8 Å². The van der Waals surface area contributed by atoms with E-state index in [0.29, 0.717) is 34.5 Å². The normalized spacial score (nSPS) is 11.7. The van der Waals surface area contributed by atoms with E-state index in [1.54, 1.807) is 13.0 Å². The van der Waals surface area contributed by atoms with Crippen LogP contribution in [0.4, 0.5) is 0 Å². The predicted octanol–water partition coefficient (Wildman–Crippen LogP) is 7.41. The molecule has 1 heterocycles. The summed E-state index contributed by atoms with van der Waals surface area (Å²) in [6.45, 7) is 10.8.